The van der Waals surface area contributed by atoms with E-state index in [2.05, 4.69) is 4.98 Å². The Bertz CT molecular complexity index is 330. The van der Waals surface area contributed by atoms with Crippen molar-refractivity contribution in [2.75, 3.05) is 18.9 Å². The molecule has 1 aromatic heterocycles. The van der Waals surface area contributed by atoms with Crippen LogP contribution < -0.4 is 5.73 Å². The third-order valence-corrected chi connectivity index (χ3v) is 2.15. The van der Waals surface area contributed by atoms with E-state index in [4.69, 9.17) is 10.5 Å². The summed E-state index contributed by atoms with van der Waals surface area (Å²) in [6, 6.07) is 1.78. The number of nitrogens with zero attached hydrogens (tertiary/aromatic N) is 1. The predicted molar refractivity (Wildman–Crippen MR) is 58.8 cm³/mol. The van der Waals surface area contributed by atoms with E-state index in [9.17, 15) is 4.79 Å². The fourth-order valence-electron chi connectivity index (χ4n) is 1.38. The Kier molecular flexibility index (Phi) is 4.24. The maximum Gasteiger partial charge on any atom is 0.169 e. The van der Waals surface area contributed by atoms with Crippen molar-refractivity contribution in [1.82, 2.24) is 4.98 Å². The number of ketones is 1. The molecule has 0 aliphatic rings. The van der Waals surface area contributed by atoms with Gasteiger partial charge in [0.1, 0.15) is 5.82 Å². The number of ether oxygens (including phenoxy) is 1. The van der Waals surface area contributed by atoms with E-state index < -0.39 is 0 Å². The largest absolute Gasteiger partial charge is 0.383 e. The minimum atomic E-state index is -0.00782. The summed E-state index contributed by atoms with van der Waals surface area (Å²) in [6.45, 7) is 4.80. The van der Waals surface area contributed by atoms with Crippen molar-refractivity contribution >= 4 is 11.6 Å². The Balaban J connectivity index is 2.73. The average Bonchev–Trinajstić information content (AvgIpc) is 2.18. The van der Waals surface area contributed by atoms with Crippen molar-refractivity contribution < 1.29 is 9.53 Å². The number of nitrogens with two attached hydrogens (primary N) is 1. The zero-order valence-electron chi connectivity index (χ0n) is 9.12. The van der Waals surface area contributed by atoms with Gasteiger partial charge in [-0.05, 0) is 25.5 Å². The van der Waals surface area contributed by atoms with Gasteiger partial charge in [0.25, 0.3) is 0 Å². The van der Waals surface area contributed by atoms with Crippen LogP contribution in [0.15, 0.2) is 12.3 Å². The SMILES string of the molecule is CCOCCC(=O)c1c(C)ccnc1N. The van der Waals surface area contributed by atoms with Crippen molar-refractivity contribution in [1.29, 1.82) is 0 Å². The molecule has 0 aromatic carbocycles. The first kappa shape index (κ1) is 11.7. The lowest BCUT2D eigenvalue weighted by atomic mass is 10.0. The zero-order valence-corrected chi connectivity index (χ0v) is 9.12. The minimum absolute atomic E-state index is 0.00782. The second kappa shape index (κ2) is 5.46. The van der Waals surface area contributed by atoms with Gasteiger partial charge in [-0.1, -0.05) is 0 Å². The molecule has 15 heavy (non-hydrogen) atoms. The highest BCUT2D eigenvalue weighted by Crippen LogP contribution is 2.15. The van der Waals surface area contributed by atoms with Gasteiger partial charge in [-0.15, -0.1) is 0 Å². The summed E-state index contributed by atoms with van der Waals surface area (Å²) in [5, 5.41) is 0. The summed E-state index contributed by atoms with van der Waals surface area (Å²) >= 11 is 0. The van der Waals surface area contributed by atoms with Gasteiger partial charge in [-0.2, -0.15) is 0 Å². The van der Waals surface area contributed by atoms with E-state index >= 15 is 0 Å². The van der Waals surface area contributed by atoms with Gasteiger partial charge in [0.2, 0.25) is 0 Å². The monoisotopic (exact) mass is 208 g/mol. The summed E-state index contributed by atoms with van der Waals surface area (Å²) in [5.74, 6) is 0.294. The Morgan fingerprint density at radius 2 is 2.33 bits per heavy atom. The summed E-state index contributed by atoms with van der Waals surface area (Å²) in [7, 11) is 0. The molecular weight excluding hydrogens is 192 g/mol. The molecule has 82 valence electrons. The fourth-order valence-corrected chi connectivity index (χ4v) is 1.38. The van der Waals surface area contributed by atoms with Gasteiger partial charge in [-0.25, -0.2) is 4.98 Å². The number of hydrogen-bond donors (Lipinski definition) is 1. The molecule has 1 rings (SSSR count). The van der Waals surface area contributed by atoms with Gasteiger partial charge >= 0.3 is 0 Å². The topological polar surface area (TPSA) is 65.2 Å². The molecule has 0 aliphatic carbocycles. The number of aryl methyl sites for hydroxylation is 1. The number of hydrogen-bond acceptors (Lipinski definition) is 4. The highest BCUT2D eigenvalue weighted by Gasteiger charge is 2.12. The molecule has 2 N–H and O–H groups in total. The maximum absolute atomic E-state index is 11.8. The zero-order chi connectivity index (χ0) is 11.3. The molecule has 0 amide bonds. The first-order valence-electron chi connectivity index (χ1n) is 4.98. The molecule has 4 nitrogen and oxygen atoms in total. The van der Waals surface area contributed by atoms with Crippen molar-refractivity contribution in [3.63, 3.8) is 0 Å². The number of carbonyl (C=O) groups excluding carboxylic acids is 1. The van der Waals surface area contributed by atoms with Crippen LogP contribution in [-0.4, -0.2) is 24.0 Å². The molecule has 0 radical (unpaired) electrons. The van der Waals surface area contributed by atoms with Gasteiger partial charge < -0.3 is 10.5 Å². The normalized spacial score (nSPS) is 10.3. The first-order chi connectivity index (χ1) is 7.16. The van der Waals surface area contributed by atoms with E-state index in [-0.39, 0.29) is 5.78 Å². The average molecular weight is 208 g/mol. The third-order valence-electron chi connectivity index (χ3n) is 2.15. The molecule has 0 saturated carbocycles. The number of carbonyl (C=O) groups is 1. The second-order valence-electron chi connectivity index (χ2n) is 3.26. The molecule has 0 saturated heterocycles. The molecule has 0 fully saturated rings. The Labute approximate surface area is 89.5 Å². The summed E-state index contributed by atoms with van der Waals surface area (Å²) < 4.78 is 5.12. The van der Waals surface area contributed by atoms with Gasteiger partial charge in [0.05, 0.1) is 12.2 Å². The third kappa shape index (κ3) is 3.02. The van der Waals surface area contributed by atoms with E-state index in [0.717, 1.165) is 5.56 Å². The van der Waals surface area contributed by atoms with Crippen LogP contribution in [0.4, 0.5) is 5.82 Å². The molecule has 0 spiro atoms. The lowest BCUT2D eigenvalue weighted by molar-refractivity contribution is 0.0896. The molecule has 1 heterocycles. The molecule has 0 atom stereocenters. The molecule has 0 unspecified atom stereocenters. The molecular formula is C11H16N2O2. The Hall–Kier alpha value is -1.42. The van der Waals surface area contributed by atoms with Gasteiger partial charge in [0.15, 0.2) is 5.78 Å². The van der Waals surface area contributed by atoms with Crippen LogP contribution in [0.1, 0.15) is 29.3 Å². The first-order valence-corrected chi connectivity index (χ1v) is 4.98. The van der Waals surface area contributed by atoms with Crippen molar-refractivity contribution in [3.05, 3.63) is 23.4 Å². The highest BCUT2D eigenvalue weighted by molar-refractivity contribution is 6.01. The van der Waals surface area contributed by atoms with Crippen LogP contribution in [0, 0.1) is 6.92 Å². The highest BCUT2D eigenvalue weighted by atomic mass is 16.5. The number of pyridine rings is 1. The summed E-state index contributed by atoms with van der Waals surface area (Å²) in [6.07, 6.45) is 1.95. The molecule has 4 heteroatoms. The number of anilines is 1. The van der Waals surface area contributed by atoms with Crippen molar-refractivity contribution in [2.24, 2.45) is 0 Å². The number of rotatable bonds is 5. The van der Waals surface area contributed by atoms with Crippen molar-refractivity contribution in [2.45, 2.75) is 20.3 Å². The standard InChI is InChI=1S/C11H16N2O2/c1-3-15-7-5-9(14)10-8(2)4-6-13-11(10)12/h4,6H,3,5,7H2,1-2H3,(H2,12,13). The summed E-state index contributed by atoms with van der Waals surface area (Å²) in [4.78, 5) is 15.7. The van der Waals surface area contributed by atoms with Crippen LogP contribution in [0.5, 0.6) is 0 Å². The quantitative estimate of drug-likeness (QED) is 0.589. The van der Waals surface area contributed by atoms with Crippen LogP contribution in [-0.2, 0) is 4.74 Å². The lowest BCUT2D eigenvalue weighted by Gasteiger charge is -2.07. The fraction of sp³-hybridized carbons (Fsp3) is 0.455. The Morgan fingerprint density at radius 1 is 1.60 bits per heavy atom. The van der Waals surface area contributed by atoms with Gasteiger partial charge in [-0.3, -0.25) is 4.79 Å². The van der Waals surface area contributed by atoms with Gasteiger partial charge in [0, 0.05) is 19.2 Å². The number of nitrogen functional groups attached to an aromatic ring is 1. The van der Waals surface area contributed by atoms with Crippen molar-refractivity contribution in [3.8, 4) is 0 Å². The Morgan fingerprint density at radius 3 is 2.93 bits per heavy atom. The van der Waals surface area contributed by atoms with E-state index in [1.807, 2.05) is 13.8 Å². The molecule has 1 aromatic rings. The van der Waals surface area contributed by atoms with Crippen LogP contribution in [0.25, 0.3) is 0 Å². The minimum Gasteiger partial charge on any atom is -0.383 e. The van der Waals surface area contributed by atoms with E-state index in [1.54, 1.807) is 12.3 Å². The number of aromatic nitrogens is 1. The lowest BCUT2D eigenvalue weighted by Crippen LogP contribution is -2.10. The molecule has 0 aliphatic heterocycles. The molecule has 0 bridgehead atoms. The van der Waals surface area contributed by atoms with Crippen LogP contribution in [0.3, 0.4) is 0 Å². The van der Waals surface area contributed by atoms with E-state index in [1.165, 1.54) is 0 Å². The van der Waals surface area contributed by atoms with Crippen LogP contribution in [0.2, 0.25) is 0 Å². The predicted octanol–water partition coefficient (Wildman–Crippen LogP) is 1.58. The number of Topliss-reactive ketones (excluding diaryl/α,β-unsaturated/α-hetero) is 1. The smallest absolute Gasteiger partial charge is 0.169 e. The second-order valence-corrected chi connectivity index (χ2v) is 3.26. The maximum atomic E-state index is 11.8. The van der Waals surface area contributed by atoms with E-state index in [0.29, 0.717) is 31.0 Å². The van der Waals surface area contributed by atoms with Crippen LogP contribution >= 0.6 is 0 Å². The summed E-state index contributed by atoms with van der Waals surface area (Å²) in [5.41, 5.74) is 7.04.